The summed E-state index contributed by atoms with van der Waals surface area (Å²) in [4.78, 5) is 8.74. The van der Waals surface area contributed by atoms with Crippen molar-refractivity contribution in [3.05, 3.63) is 11.4 Å². The number of nitrogens with two attached hydrogens (primary N) is 1. The molecule has 1 atom stereocenters. The van der Waals surface area contributed by atoms with Crippen LogP contribution < -0.4 is 16.6 Å². The summed E-state index contributed by atoms with van der Waals surface area (Å²) < 4.78 is 0. The van der Waals surface area contributed by atoms with Crippen molar-refractivity contribution in [1.29, 1.82) is 0 Å². The minimum absolute atomic E-state index is 0.0334. The number of hydrogen-bond donors (Lipinski definition) is 4. The molecule has 0 aromatic carbocycles. The smallest absolute Gasteiger partial charge is 0.148 e. The van der Waals surface area contributed by atoms with Gasteiger partial charge in [-0.3, -0.25) is 0 Å². The van der Waals surface area contributed by atoms with E-state index < -0.39 is 0 Å². The van der Waals surface area contributed by atoms with E-state index in [1.54, 1.807) is 0 Å². The maximum absolute atomic E-state index is 9.36. The zero-order chi connectivity index (χ0) is 13.7. The van der Waals surface area contributed by atoms with Crippen LogP contribution in [-0.4, -0.2) is 27.7 Å². The predicted molar refractivity (Wildman–Crippen MR) is 73.3 cm³/mol. The Hall–Kier alpha value is -1.40. The molecule has 0 saturated heterocycles. The lowest BCUT2D eigenvalue weighted by atomic mass is 10.1. The number of hydrogen-bond acceptors (Lipinski definition) is 6. The number of nitrogens with zero attached hydrogens (tertiary/aromatic N) is 2. The molecule has 0 spiro atoms. The number of nitrogen functional groups attached to an aromatic ring is 1. The number of aromatic nitrogens is 2. The SMILES string of the molecule is CCc1nc(NN)c(C)c(N[C@H](CO)C(C)C)n1. The lowest BCUT2D eigenvalue weighted by Crippen LogP contribution is -2.30. The number of aliphatic hydroxyl groups is 1. The standard InChI is InChI=1S/C12H23N5O/c1-5-10-15-11(8(4)12(16-10)17-13)14-9(6-18)7(2)3/h7,9,18H,5-6,13H2,1-4H3,(H2,14,15,16,17)/t9-/m1/s1. The lowest BCUT2D eigenvalue weighted by molar-refractivity contribution is 0.249. The summed E-state index contributed by atoms with van der Waals surface area (Å²) in [6.45, 7) is 8.04. The Morgan fingerprint density at radius 1 is 1.28 bits per heavy atom. The number of hydrazine groups is 1. The molecular formula is C12H23N5O. The third-order valence-corrected chi connectivity index (χ3v) is 2.97. The second-order valence-corrected chi connectivity index (χ2v) is 4.64. The van der Waals surface area contributed by atoms with Crippen LogP contribution in [0.1, 0.15) is 32.2 Å². The van der Waals surface area contributed by atoms with Gasteiger partial charge in [0.1, 0.15) is 17.5 Å². The molecule has 0 aliphatic heterocycles. The van der Waals surface area contributed by atoms with E-state index in [9.17, 15) is 5.11 Å². The van der Waals surface area contributed by atoms with Crippen LogP contribution in [0.4, 0.5) is 11.6 Å². The van der Waals surface area contributed by atoms with Crippen LogP contribution in [0.5, 0.6) is 0 Å². The van der Waals surface area contributed by atoms with Gasteiger partial charge in [-0.25, -0.2) is 15.8 Å². The first-order chi connectivity index (χ1) is 8.53. The van der Waals surface area contributed by atoms with E-state index in [1.165, 1.54) is 0 Å². The summed E-state index contributed by atoms with van der Waals surface area (Å²) in [5.41, 5.74) is 3.43. The van der Waals surface area contributed by atoms with Crippen molar-refractivity contribution in [3.63, 3.8) is 0 Å². The van der Waals surface area contributed by atoms with E-state index in [0.29, 0.717) is 11.7 Å². The van der Waals surface area contributed by atoms with Gasteiger partial charge in [0.15, 0.2) is 0 Å². The van der Waals surface area contributed by atoms with Gasteiger partial charge in [-0.15, -0.1) is 0 Å². The van der Waals surface area contributed by atoms with Gasteiger partial charge in [0.25, 0.3) is 0 Å². The topological polar surface area (TPSA) is 96.1 Å². The largest absolute Gasteiger partial charge is 0.394 e. The van der Waals surface area contributed by atoms with Crippen molar-refractivity contribution >= 4 is 11.6 Å². The Labute approximate surface area is 108 Å². The van der Waals surface area contributed by atoms with Gasteiger partial charge in [0.2, 0.25) is 0 Å². The molecule has 1 aromatic heterocycles. The molecule has 0 fully saturated rings. The second-order valence-electron chi connectivity index (χ2n) is 4.64. The Balaban J connectivity index is 3.06. The zero-order valence-corrected chi connectivity index (χ0v) is 11.5. The third-order valence-electron chi connectivity index (χ3n) is 2.97. The number of rotatable bonds is 6. The van der Waals surface area contributed by atoms with E-state index in [0.717, 1.165) is 23.6 Å². The van der Waals surface area contributed by atoms with Crippen molar-refractivity contribution < 1.29 is 5.11 Å². The fourth-order valence-electron chi connectivity index (χ4n) is 1.60. The van der Waals surface area contributed by atoms with E-state index in [-0.39, 0.29) is 12.6 Å². The summed E-state index contributed by atoms with van der Waals surface area (Å²) in [5, 5.41) is 12.6. The average Bonchev–Trinajstić information content (AvgIpc) is 2.37. The van der Waals surface area contributed by atoms with Gasteiger partial charge in [-0.1, -0.05) is 20.8 Å². The van der Waals surface area contributed by atoms with Crippen molar-refractivity contribution in [1.82, 2.24) is 9.97 Å². The molecular weight excluding hydrogens is 230 g/mol. The molecule has 1 rings (SSSR count). The van der Waals surface area contributed by atoms with Gasteiger partial charge >= 0.3 is 0 Å². The van der Waals surface area contributed by atoms with Crippen LogP contribution in [-0.2, 0) is 6.42 Å². The Bertz CT molecular complexity index is 394. The van der Waals surface area contributed by atoms with Crippen molar-refractivity contribution in [2.75, 3.05) is 17.3 Å². The molecule has 6 heteroatoms. The monoisotopic (exact) mass is 253 g/mol. The Morgan fingerprint density at radius 3 is 2.33 bits per heavy atom. The molecule has 0 aliphatic carbocycles. The molecule has 5 N–H and O–H groups in total. The van der Waals surface area contributed by atoms with E-state index in [2.05, 4.69) is 20.7 Å². The van der Waals surface area contributed by atoms with Crippen molar-refractivity contribution in [2.45, 2.75) is 40.2 Å². The lowest BCUT2D eigenvalue weighted by Gasteiger charge is -2.22. The number of aliphatic hydroxyl groups excluding tert-OH is 1. The molecule has 18 heavy (non-hydrogen) atoms. The average molecular weight is 253 g/mol. The highest BCUT2D eigenvalue weighted by Gasteiger charge is 2.16. The zero-order valence-electron chi connectivity index (χ0n) is 11.5. The summed E-state index contributed by atoms with van der Waals surface area (Å²) in [6, 6.07) is -0.0334. The second kappa shape index (κ2) is 6.51. The van der Waals surface area contributed by atoms with E-state index in [1.807, 2.05) is 27.7 Å². The number of anilines is 2. The summed E-state index contributed by atoms with van der Waals surface area (Å²) in [6.07, 6.45) is 0.731. The Morgan fingerprint density at radius 2 is 1.89 bits per heavy atom. The first kappa shape index (κ1) is 14.7. The summed E-state index contributed by atoms with van der Waals surface area (Å²) >= 11 is 0. The molecule has 1 aromatic rings. The molecule has 0 radical (unpaired) electrons. The maximum atomic E-state index is 9.36. The molecule has 0 bridgehead atoms. The molecule has 6 nitrogen and oxygen atoms in total. The van der Waals surface area contributed by atoms with Crippen LogP contribution in [0.2, 0.25) is 0 Å². The van der Waals surface area contributed by atoms with Gasteiger partial charge in [0, 0.05) is 12.0 Å². The quantitative estimate of drug-likeness (QED) is 0.447. The van der Waals surface area contributed by atoms with Crippen LogP contribution in [0.3, 0.4) is 0 Å². The summed E-state index contributed by atoms with van der Waals surface area (Å²) in [5.74, 6) is 7.82. The van der Waals surface area contributed by atoms with E-state index >= 15 is 0 Å². The van der Waals surface area contributed by atoms with Gasteiger partial charge < -0.3 is 15.8 Å². The molecule has 0 amide bonds. The van der Waals surface area contributed by atoms with Crippen molar-refractivity contribution in [3.8, 4) is 0 Å². The highest BCUT2D eigenvalue weighted by molar-refractivity contribution is 5.57. The molecule has 0 unspecified atom stereocenters. The van der Waals surface area contributed by atoms with E-state index in [4.69, 9.17) is 5.84 Å². The normalized spacial score (nSPS) is 12.6. The number of aryl methyl sites for hydroxylation is 1. The maximum Gasteiger partial charge on any atom is 0.148 e. The Kier molecular flexibility index (Phi) is 5.30. The minimum Gasteiger partial charge on any atom is -0.394 e. The number of nitrogens with one attached hydrogen (secondary N) is 2. The fraction of sp³-hybridized carbons (Fsp3) is 0.667. The molecule has 102 valence electrons. The third kappa shape index (κ3) is 3.30. The first-order valence-corrected chi connectivity index (χ1v) is 6.24. The van der Waals surface area contributed by atoms with Crippen LogP contribution in [0, 0.1) is 12.8 Å². The van der Waals surface area contributed by atoms with Gasteiger partial charge in [0.05, 0.1) is 12.6 Å². The molecule has 0 aliphatic rings. The predicted octanol–water partition coefficient (Wildman–Crippen LogP) is 1.06. The minimum atomic E-state index is -0.0334. The van der Waals surface area contributed by atoms with Crippen LogP contribution >= 0.6 is 0 Å². The fourth-order valence-corrected chi connectivity index (χ4v) is 1.60. The highest BCUT2D eigenvalue weighted by atomic mass is 16.3. The van der Waals surface area contributed by atoms with Gasteiger partial charge in [-0.2, -0.15) is 0 Å². The first-order valence-electron chi connectivity index (χ1n) is 6.24. The van der Waals surface area contributed by atoms with Crippen LogP contribution in [0.25, 0.3) is 0 Å². The highest BCUT2D eigenvalue weighted by Crippen LogP contribution is 2.21. The molecule has 0 saturated carbocycles. The van der Waals surface area contributed by atoms with Gasteiger partial charge in [-0.05, 0) is 12.8 Å². The van der Waals surface area contributed by atoms with Crippen LogP contribution in [0.15, 0.2) is 0 Å². The summed E-state index contributed by atoms with van der Waals surface area (Å²) in [7, 11) is 0. The molecule has 1 heterocycles. The van der Waals surface area contributed by atoms with Crippen molar-refractivity contribution in [2.24, 2.45) is 11.8 Å².